The molecule has 0 amide bonds. The highest BCUT2D eigenvalue weighted by molar-refractivity contribution is 4.59. The summed E-state index contributed by atoms with van der Waals surface area (Å²) in [6, 6.07) is 0. The van der Waals surface area contributed by atoms with Crippen LogP contribution in [0.5, 0.6) is 0 Å². The second kappa shape index (κ2) is 6.21. The molecule has 0 bridgehead atoms. The van der Waals surface area contributed by atoms with Gasteiger partial charge < -0.3 is 9.84 Å². The van der Waals surface area contributed by atoms with Crippen molar-refractivity contribution in [2.45, 2.75) is 38.5 Å². The van der Waals surface area contributed by atoms with Crippen molar-refractivity contribution in [2.24, 2.45) is 0 Å². The summed E-state index contributed by atoms with van der Waals surface area (Å²) in [5, 5.41) is 9.06. The lowest BCUT2D eigenvalue weighted by Gasteiger charge is -2.11. The third-order valence-electron chi connectivity index (χ3n) is 1.56. The lowest BCUT2D eigenvalue weighted by atomic mass is 10.1. The van der Waals surface area contributed by atoms with E-state index < -0.39 is 18.7 Å². The van der Waals surface area contributed by atoms with E-state index >= 15 is 0 Å². The molecule has 0 saturated heterocycles. The lowest BCUT2D eigenvalue weighted by Crippen LogP contribution is -2.16. The molecule has 0 radical (unpaired) electrons. The number of ether oxygens (including phenoxy) is 1. The van der Waals surface area contributed by atoms with Crippen LogP contribution in [0.15, 0.2) is 0 Å². The largest absolute Gasteiger partial charge is 0.393 e. The molecule has 80 valence electrons. The number of alkyl halides is 3. The fraction of sp³-hybridized carbons (Fsp3) is 1.00. The van der Waals surface area contributed by atoms with E-state index in [0.717, 1.165) is 0 Å². The first-order valence-electron chi connectivity index (χ1n) is 4.28. The molecule has 0 rings (SSSR count). The highest BCUT2D eigenvalue weighted by Crippen LogP contribution is 2.22. The maximum atomic E-state index is 11.7. The Morgan fingerprint density at radius 2 is 1.92 bits per heavy atom. The highest BCUT2D eigenvalue weighted by atomic mass is 19.4. The van der Waals surface area contributed by atoms with Gasteiger partial charge in [0.1, 0.15) is 0 Å². The SMILES string of the molecule is CCOCCC(O)CCC(F)(F)F. The van der Waals surface area contributed by atoms with Crippen LogP contribution in [0.25, 0.3) is 0 Å². The second-order valence-electron chi connectivity index (χ2n) is 2.79. The summed E-state index contributed by atoms with van der Waals surface area (Å²) < 4.78 is 39.9. The number of halogens is 3. The Hall–Kier alpha value is -0.290. The summed E-state index contributed by atoms with van der Waals surface area (Å²) in [5.41, 5.74) is 0. The van der Waals surface area contributed by atoms with E-state index in [1.54, 1.807) is 6.92 Å². The number of aliphatic hydroxyl groups excluding tert-OH is 1. The molecule has 0 fully saturated rings. The summed E-state index contributed by atoms with van der Waals surface area (Å²) in [7, 11) is 0. The molecule has 0 aliphatic carbocycles. The number of hydrogen-bond donors (Lipinski definition) is 1. The van der Waals surface area contributed by atoms with Gasteiger partial charge in [0, 0.05) is 19.6 Å². The normalized spacial score (nSPS) is 14.5. The third kappa shape index (κ3) is 9.63. The molecule has 0 aliphatic heterocycles. The van der Waals surface area contributed by atoms with Crippen molar-refractivity contribution in [1.82, 2.24) is 0 Å². The summed E-state index contributed by atoms with van der Waals surface area (Å²) in [5.74, 6) is 0. The fourth-order valence-corrected chi connectivity index (χ4v) is 0.838. The summed E-state index contributed by atoms with van der Waals surface area (Å²) in [4.78, 5) is 0. The second-order valence-corrected chi connectivity index (χ2v) is 2.79. The quantitative estimate of drug-likeness (QED) is 0.665. The Labute approximate surface area is 75.7 Å². The number of rotatable bonds is 6. The van der Waals surface area contributed by atoms with Gasteiger partial charge >= 0.3 is 6.18 Å². The summed E-state index contributed by atoms with van der Waals surface area (Å²) in [6.45, 7) is 2.63. The Morgan fingerprint density at radius 3 is 2.38 bits per heavy atom. The van der Waals surface area contributed by atoms with Gasteiger partial charge in [0.25, 0.3) is 0 Å². The van der Waals surface area contributed by atoms with E-state index in [2.05, 4.69) is 0 Å². The first-order chi connectivity index (χ1) is 5.95. The standard InChI is InChI=1S/C8H15F3O2/c1-2-13-6-4-7(12)3-5-8(9,10)11/h7,12H,2-6H2,1H3. The van der Waals surface area contributed by atoms with Crippen molar-refractivity contribution in [2.75, 3.05) is 13.2 Å². The molecule has 0 aliphatic rings. The highest BCUT2D eigenvalue weighted by Gasteiger charge is 2.27. The monoisotopic (exact) mass is 200 g/mol. The number of aliphatic hydroxyl groups is 1. The van der Waals surface area contributed by atoms with E-state index in [1.807, 2.05) is 0 Å². The van der Waals surface area contributed by atoms with E-state index in [1.165, 1.54) is 0 Å². The van der Waals surface area contributed by atoms with Gasteiger partial charge in [-0.05, 0) is 19.8 Å². The Balaban J connectivity index is 3.35. The topological polar surface area (TPSA) is 29.5 Å². The molecule has 5 heteroatoms. The first kappa shape index (κ1) is 12.7. The molecule has 0 aromatic heterocycles. The fourth-order valence-electron chi connectivity index (χ4n) is 0.838. The predicted octanol–water partition coefficient (Wildman–Crippen LogP) is 2.12. The molecule has 1 N–H and O–H groups in total. The minimum atomic E-state index is -4.17. The van der Waals surface area contributed by atoms with Crippen molar-refractivity contribution in [3.05, 3.63) is 0 Å². The van der Waals surface area contributed by atoms with Gasteiger partial charge in [-0.3, -0.25) is 0 Å². The molecule has 0 aromatic rings. The van der Waals surface area contributed by atoms with Gasteiger partial charge in [-0.1, -0.05) is 0 Å². The molecular weight excluding hydrogens is 185 g/mol. The van der Waals surface area contributed by atoms with Crippen molar-refractivity contribution in [3.8, 4) is 0 Å². The van der Waals surface area contributed by atoms with Gasteiger partial charge in [-0.25, -0.2) is 0 Å². The minimum Gasteiger partial charge on any atom is -0.393 e. The van der Waals surface area contributed by atoms with E-state index in [-0.39, 0.29) is 12.8 Å². The minimum absolute atomic E-state index is 0.240. The van der Waals surface area contributed by atoms with Crippen LogP contribution in [-0.4, -0.2) is 30.6 Å². The smallest absolute Gasteiger partial charge is 0.389 e. The van der Waals surface area contributed by atoms with Gasteiger partial charge in [0.2, 0.25) is 0 Å². The van der Waals surface area contributed by atoms with Crippen molar-refractivity contribution >= 4 is 0 Å². The van der Waals surface area contributed by atoms with Crippen LogP contribution in [0, 0.1) is 0 Å². The zero-order chi connectivity index (χ0) is 10.3. The first-order valence-corrected chi connectivity index (χ1v) is 4.28. The third-order valence-corrected chi connectivity index (χ3v) is 1.56. The molecular formula is C8H15F3O2. The maximum absolute atomic E-state index is 11.7. The number of hydrogen-bond acceptors (Lipinski definition) is 2. The molecule has 0 aromatic carbocycles. The molecule has 1 unspecified atom stereocenters. The molecule has 13 heavy (non-hydrogen) atoms. The van der Waals surface area contributed by atoms with E-state index in [4.69, 9.17) is 9.84 Å². The Bertz CT molecular complexity index is 125. The average molecular weight is 200 g/mol. The molecule has 0 spiro atoms. The van der Waals surface area contributed by atoms with Crippen molar-refractivity contribution in [3.63, 3.8) is 0 Å². The Kier molecular flexibility index (Phi) is 6.07. The maximum Gasteiger partial charge on any atom is 0.389 e. The van der Waals surface area contributed by atoms with Crippen molar-refractivity contribution < 1.29 is 23.0 Å². The summed E-state index contributed by atoms with van der Waals surface area (Å²) in [6.07, 6.45) is -5.99. The van der Waals surface area contributed by atoms with Crippen LogP contribution in [0.2, 0.25) is 0 Å². The van der Waals surface area contributed by atoms with E-state index in [9.17, 15) is 13.2 Å². The van der Waals surface area contributed by atoms with Crippen LogP contribution < -0.4 is 0 Å². The lowest BCUT2D eigenvalue weighted by molar-refractivity contribution is -0.140. The Morgan fingerprint density at radius 1 is 1.31 bits per heavy atom. The van der Waals surface area contributed by atoms with Crippen LogP contribution in [0.1, 0.15) is 26.2 Å². The van der Waals surface area contributed by atoms with Crippen LogP contribution in [0.4, 0.5) is 13.2 Å². The van der Waals surface area contributed by atoms with Crippen LogP contribution in [0.3, 0.4) is 0 Å². The van der Waals surface area contributed by atoms with Gasteiger partial charge in [-0.15, -0.1) is 0 Å². The van der Waals surface area contributed by atoms with Gasteiger partial charge in [0.05, 0.1) is 6.10 Å². The summed E-state index contributed by atoms with van der Waals surface area (Å²) >= 11 is 0. The predicted molar refractivity (Wildman–Crippen MR) is 42.4 cm³/mol. The zero-order valence-corrected chi connectivity index (χ0v) is 7.60. The van der Waals surface area contributed by atoms with Crippen LogP contribution in [-0.2, 0) is 4.74 Å². The average Bonchev–Trinajstić information content (AvgIpc) is 2.00. The van der Waals surface area contributed by atoms with Gasteiger partial charge in [0.15, 0.2) is 0 Å². The molecule has 2 nitrogen and oxygen atoms in total. The van der Waals surface area contributed by atoms with Crippen LogP contribution >= 0.6 is 0 Å². The van der Waals surface area contributed by atoms with E-state index in [0.29, 0.717) is 13.2 Å². The molecule has 1 atom stereocenters. The van der Waals surface area contributed by atoms with Gasteiger partial charge in [-0.2, -0.15) is 13.2 Å². The molecule has 0 saturated carbocycles. The zero-order valence-electron chi connectivity index (χ0n) is 7.60. The van der Waals surface area contributed by atoms with Crippen molar-refractivity contribution in [1.29, 1.82) is 0 Å². The molecule has 0 heterocycles.